The Morgan fingerprint density at radius 3 is 1.06 bits per heavy atom. The van der Waals surface area contributed by atoms with Crippen molar-refractivity contribution in [2.45, 2.75) is 0 Å². The highest BCUT2D eigenvalue weighted by Crippen LogP contribution is 2.38. The van der Waals surface area contributed by atoms with Crippen LogP contribution in [-0.2, 0) is 0 Å². The molecule has 0 saturated heterocycles. The molecule has 2 aromatic heterocycles. The fraction of sp³-hybridized carbons (Fsp3) is 0. The highest BCUT2D eigenvalue weighted by molar-refractivity contribution is 9.32. The second-order valence-electron chi connectivity index (χ2n) is 2.32. The third kappa shape index (κ3) is 16.1. The van der Waals surface area contributed by atoms with Gasteiger partial charge in [0.1, 0.15) is 0 Å². The van der Waals surface area contributed by atoms with Gasteiger partial charge in [0.25, 0.3) is 0 Å². The number of aromatic nitrogens is 2. The van der Waals surface area contributed by atoms with Crippen LogP contribution in [0.5, 0.6) is 0 Å². The smallest absolute Gasteiger partial charge is 0.0267 e. The first-order valence-corrected chi connectivity index (χ1v) is 10.7. The van der Waals surface area contributed by atoms with Gasteiger partial charge in [0.05, 0.1) is 0 Å². The molecule has 0 spiro atoms. The lowest BCUT2D eigenvalue weighted by Crippen LogP contribution is -1.58. The maximum atomic E-state index is 3.86. The van der Waals surface area contributed by atoms with Crippen molar-refractivity contribution in [1.29, 1.82) is 0 Å². The molecule has 0 bridgehead atoms. The van der Waals surface area contributed by atoms with Gasteiger partial charge < -0.3 is 0 Å². The Kier molecular flexibility index (Phi) is 16.1. The molecule has 0 saturated carbocycles. The molecule has 7 heteroatoms. The Bertz CT molecular complexity index is 235. The molecule has 17 heavy (non-hydrogen) atoms. The second kappa shape index (κ2) is 16.1. The lowest BCUT2D eigenvalue weighted by Gasteiger charge is -1.82. The number of hydrogen-bond acceptors (Lipinski definition) is 6. The summed E-state index contributed by atoms with van der Waals surface area (Å²) in [5.41, 5.74) is 0. The number of pyridine rings is 2. The highest BCUT2D eigenvalue weighted by atomic mass is 33.8. The fourth-order valence-electron chi connectivity index (χ4n) is 0.642. The van der Waals surface area contributed by atoms with Gasteiger partial charge in [0.2, 0.25) is 0 Å². The normalized spacial score (nSPS) is 8.35. The maximum Gasteiger partial charge on any atom is 0.0267 e. The first-order chi connectivity index (χ1) is 8.41. The van der Waals surface area contributed by atoms with Gasteiger partial charge >= 0.3 is 0 Å². The summed E-state index contributed by atoms with van der Waals surface area (Å²) in [4.78, 5) is 7.57. The minimum Gasteiger partial charge on any atom is -0.265 e. The van der Waals surface area contributed by atoms with E-state index in [1.165, 1.54) is 19.7 Å². The van der Waals surface area contributed by atoms with Gasteiger partial charge in [-0.15, -0.1) is 33.1 Å². The van der Waals surface area contributed by atoms with Gasteiger partial charge in [0.15, 0.2) is 0 Å². The zero-order valence-electron chi connectivity index (χ0n) is 8.88. The molecule has 0 aromatic carbocycles. The average Bonchev–Trinajstić information content (AvgIpc) is 2.45. The van der Waals surface area contributed by atoms with E-state index in [1.54, 1.807) is 24.8 Å². The van der Waals surface area contributed by atoms with Crippen molar-refractivity contribution in [2.24, 2.45) is 0 Å². The lowest BCUT2D eigenvalue weighted by molar-refractivity contribution is 1.33. The summed E-state index contributed by atoms with van der Waals surface area (Å²) >= 11 is 7.72. The van der Waals surface area contributed by atoms with Crippen molar-refractivity contribution in [2.75, 3.05) is 0 Å². The van der Waals surface area contributed by atoms with Crippen molar-refractivity contribution in [3.8, 4) is 0 Å². The van der Waals surface area contributed by atoms with E-state index in [4.69, 9.17) is 0 Å². The zero-order valence-corrected chi connectivity index (χ0v) is 13.3. The number of thiol groups is 2. The maximum absolute atomic E-state index is 3.86. The average molecular weight is 323 g/mol. The van der Waals surface area contributed by atoms with Crippen molar-refractivity contribution in [3.05, 3.63) is 61.2 Å². The third-order valence-corrected chi connectivity index (χ3v) is 7.17. The van der Waals surface area contributed by atoms with E-state index in [2.05, 4.69) is 33.3 Å². The molecule has 0 fully saturated rings. The quantitative estimate of drug-likeness (QED) is 0.635. The predicted molar refractivity (Wildman–Crippen MR) is 92.0 cm³/mol. The first-order valence-electron chi connectivity index (χ1n) is 4.47. The molecule has 0 aliphatic heterocycles. The van der Waals surface area contributed by atoms with Crippen LogP contribution in [0.25, 0.3) is 0 Å². The van der Waals surface area contributed by atoms with E-state index in [9.17, 15) is 0 Å². The van der Waals surface area contributed by atoms with Crippen molar-refractivity contribution in [3.63, 3.8) is 0 Å². The van der Waals surface area contributed by atoms with E-state index in [-0.39, 0.29) is 0 Å². The van der Waals surface area contributed by atoms with E-state index >= 15 is 0 Å². The summed E-state index contributed by atoms with van der Waals surface area (Å²) < 4.78 is 0. The first kappa shape index (κ1) is 17.1. The van der Waals surface area contributed by atoms with Gasteiger partial charge in [0, 0.05) is 24.8 Å². The summed E-state index contributed by atoms with van der Waals surface area (Å²) in [5, 5.41) is 0. The van der Waals surface area contributed by atoms with Gasteiger partial charge in [-0.25, -0.2) is 0 Å². The summed E-state index contributed by atoms with van der Waals surface area (Å²) in [6, 6.07) is 11.4. The standard InChI is InChI=1S/2C5H5N.H4S5/c2*1-2-4-6-5-3-1;1-3-5-4-2/h2*1-5H;1-2H,5H2. The van der Waals surface area contributed by atoms with Crippen LogP contribution in [0, 0.1) is 0 Å². The summed E-state index contributed by atoms with van der Waals surface area (Å²) in [5.74, 6) is 0. The molecule has 0 radical (unpaired) electrons. The van der Waals surface area contributed by atoms with Crippen LogP contribution in [0.3, 0.4) is 0 Å². The molecule has 2 rings (SSSR count). The SMILES string of the molecule is SS[SH2]SS.c1ccncc1.c1ccncc1. The van der Waals surface area contributed by atoms with Crippen LogP contribution < -0.4 is 0 Å². The minimum absolute atomic E-state index is 0.759. The molecule has 0 amide bonds. The Labute approximate surface area is 123 Å². The lowest BCUT2D eigenvalue weighted by atomic mass is 10.5. The third-order valence-electron chi connectivity index (χ3n) is 1.21. The Morgan fingerprint density at radius 1 is 0.647 bits per heavy atom. The van der Waals surface area contributed by atoms with Crippen LogP contribution in [0.2, 0.25) is 0 Å². The van der Waals surface area contributed by atoms with E-state index in [0.717, 1.165) is 9.83 Å². The van der Waals surface area contributed by atoms with Crippen molar-refractivity contribution >= 4 is 52.8 Å². The van der Waals surface area contributed by atoms with Gasteiger partial charge in [-0.2, -0.15) is 0 Å². The predicted octanol–water partition coefficient (Wildman–Crippen LogP) is 4.33. The Morgan fingerprint density at radius 2 is 1.00 bits per heavy atom. The largest absolute Gasteiger partial charge is 0.265 e. The second-order valence-corrected chi connectivity index (χ2v) is 9.23. The molecule has 0 unspecified atom stereocenters. The molecule has 0 aliphatic carbocycles. The molecule has 0 atom stereocenters. The van der Waals surface area contributed by atoms with Crippen LogP contribution in [0.1, 0.15) is 0 Å². The Hall–Kier alpha value is 0.0500. The summed E-state index contributed by atoms with van der Waals surface area (Å²) in [7, 11) is 3.78. The minimum atomic E-state index is 0.759. The van der Waals surface area contributed by atoms with Crippen molar-refractivity contribution < 1.29 is 0 Å². The number of rotatable bonds is 2. The molecule has 2 heterocycles. The molecule has 2 aromatic rings. The van der Waals surface area contributed by atoms with Crippen LogP contribution in [0.15, 0.2) is 61.2 Å². The Balaban J connectivity index is 0.000000228. The van der Waals surface area contributed by atoms with Crippen LogP contribution in [-0.4, -0.2) is 9.97 Å². The molecular weight excluding hydrogens is 308 g/mol. The molecule has 0 aliphatic rings. The van der Waals surface area contributed by atoms with Gasteiger partial charge in [-0.05, 0) is 43.9 Å². The fourth-order valence-corrected chi connectivity index (χ4v) is 4.68. The summed E-state index contributed by atoms with van der Waals surface area (Å²) in [6.45, 7) is 0. The van der Waals surface area contributed by atoms with E-state index in [1.807, 2.05) is 36.4 Å². The highest BCUT2D eigenvalue weighted by Gasteiger charge is 1.65. The van der Waals surface area contributed by atoms with Gasteiger partial charge in [-0.1, -0.05) is 12.1 Å². The molecule has 94 valence electrons. The van der Waals surface area contributed by atoms with Crippen molar-refractivity contribution in [1.82, 2.24) is 9.97 Å². The molecule has 0 N–H and O–H groups in total. The number of nitrogens with zero attached hydrogens (tertiary/aromatic N) is 2. The van der Waals surface area contributed by atoms with Gasteiger partial charge in [-0.3, -0.25) is 9.97 Å². The summed E-state index contributed by atoms with van der Waals surface area (Å²) in [6.07, 6.45) is 7.00. The van der Waals surface area contributed by atoms with E-state index < -0.39 is 0 Å². The van der Waals surface area contributed by atoms with Crippen LogP contribution >= 0.6 is 52.8 Å². The topological polar surface area (TPSA) is 25.8 Å². The monoisotopic (exact) mass is 322 g/mol. The van der Waals surface area contributed by atoms with E-state index in [0.29, 0.717) is 0 Å². The molecule has 2 nitrogen and oxygen atoms in total. The number of hydrogen-bond donors (Lipinski definition) is 2. The van der Waals surface area contributed by atoms with Crippen LogP contribution in [0.4, 0.5) is 0 Å². The zero-order chi connectivity index (χ0) is 12.6. The molecular formula is C10H14N2S5.